The highest BCUT2D eigenvalue weighted by Gasteiger charge is 2.33. The van der Waals surface area contributed by atoms with E-state index in [1.807, 2.05) is 0 Å². The summed E-state index contributed by atoms with van der Waals surface area (Å²) < 4.78 is 5.36. The molecule has 0 aromatic rings. The van der Waals surface area contributed by atoms with Crippen LogP contribution < -0.4 is 5.32 Å². The number of likely N-dealkylation sites (N-methyl/N-ethyl adjacent to an activating group) is 1. The van der Waals surface area contributed by atoms with Crippen molar-refractivity contribution in [2.24, 2.45) is 5.41 Å². The van der Waals surface area contributed by atoms with Crippen LogP contribution in [0.15, 0.2) is 0 Å². The standard InChI is InChI=1S/C17H36N2O2/c1-5-7-16(3,13-18-10-6-2)14-19(4)15-17(20)8-11-21-12-9-17/h18,20H,5-15H2,1-4H3. The Morgan fingerprint density at radius 2 is 1.90 bits per heavy atom. The fourth-order valence-corrected chi connectivity index (χ4v) is 3.51. The Hall–Kier alpha value is -0.160. The maximum atomic E-state index is 10.6. The van der Waals surface area contributed by atoms with Gasteiger partial charge >= 0.3 is 0 Å². The zero-order valence-electron chi connectivity index (χ0n) is 14.6. The SMILES string of the molecule is CCCNCC(C)(CCC)CN(C)CC1(O)CCOCC1. The van der Waals surface area contributed by atoms with Crippen molar-refractivity contribution in [2.75, 3.05) is 46.4 Å². The van der Waals surface area contributed by atoms with E-state index in [4.69, 9.17) is 4.74 Å². The molecule has 2 N–H and O–H groups in total. The number of hydrogen-bond donors (Lipinski definition) is 2. The van der Waals surface area contributed by atoms with E-state index in [1.54, 1.807) is 0 Å². The van der Waals surface area contributed by atoms with Gasteiger partial charge in [-0.05, 0) is 31.8 Å². The minimum absolute atomic E-state index is 0.278. The summed E-state index contributed by atoms with van der Waals surface area (Å²) in [6, 6.07) is 0. The second-order valence-electron chi connectivity index (χ2n) is 7.25. The van der Waals surface area contributed by atoms with Gasteiger partial charge in [0, 0.05) is 45.7 Å². The quantitative estimate of drug-likeness (QED) is 0.608. The molecular weight excluding hydrogens is 264 g/mol. The molecule has 1 rings (SSSR count). The summed E-state index contributed by atoms with van der Waals surface area (Å²) in [6.45, 7) is 12.1. The first kappa shape index (κ1) is 18.9. The van der Waals surface area contributed by atoms with Gasteiger partial charge in [-0.1, -0.05) is 27.2 Å². The molecule has 126 valence electrons. The highest BCUT2D eigenvalue weighted by molar-refractivity contribution is 4.87. The van der Waals surface area contributed by atoms with Crippen LogP contribution in [-0.2, 0) is 4.74 Å². The minimum Gasteiger partial charge on any atom is -0.388 e. The average molecular weight is 300 g/mol. The molecule has 0 amide bonds. The van der Waals surface area contributed by atoms with E-state index >= 15 is 0 Å². The van der Waals surface area contributed by atoms with Crippen LogP contribution in [0.3, 0.4) is 0 Å². The van der Waals surface area contributed by atoms with Crippen molar-refractivity contribution in [3.63, 3.8) is 0 Å². The summed E-state index contributed by atoms with van der Waals surface area (Å²) >= 11 is 0. The lowest BCUT2D eigenvalue weighted by atomic mass is 9.84. The van der Waals surface area contributed by atoms with Crippen molar-refractivity contribution >= 4 is 0 Å². The lowest BCUT2D eigenvalue weighted by Crippen LogP contribution is -2.49. The highest BCUT2D eigenvalue weighted by Crippen LogP contribution is 2.26. The highest BCUT2D eigenvalue weighted by atomic mass is 16.5. The van der Waals surface area contributed by atoms with Crippen molar-refractivity contribution in [3.05, 3.63) is 0 Å². The summed E-state index contributed by atoms with van der Waals surface area (Å²) in [7, 11) is 2.14. The topological polar surface area (TPSA) is 44.7 Å². The molecule has 0 aromatic heterocycles. The van der Waals surface area contributed by atoms with Crippen LogP contribution in [0.4, 0.5) is 0 Å². The van der Waals surface area contributed by atoms with E-state index in [0.717, 1.165) is 39.0 Å². The molecule has 0 spiro atoms. The van der Waals surface area contributed by atoms with E-state index in [9.17, 15) is 5.11 Å². The van der Waals surface area contributed by atoms with Crippen LogP contribution in [0, 0.1) is 5.41 Å². The predicted molar refractivity (Wildman–Crippen MR) is 88.7 cm³/mol. The molecule has 0 radical (unpaired) electrons. The summed E-state index contributed by atoms with van der Waals surface area (Å²) in [5.41, 5.74) is -0.281. The van der Waals surface area contributed by atoms with E-state index in [0.29, 0.717) is 13.2 Å². The Labute approximate surface area is 131 Å². The molecule has 0 saturated carbocycles. The van der Waals surface area contributed by atoms with Gasteiger partial charge in [0.15, 0.2) is 0 Å². The van der Waals surface area contributed by atoms with Crippen LogP contribution in [0.5, 0.6) is 0 Å². The molecule has 21 heavy (non-hydrogen) atoms. The van der Waals surface area contributed by atoms with Crippen molar-refractivity contribution in [1.29, 1.82) is 0 Å². The minimum atomic E-state index is -0.559. The largest absolute Gasteiger partial charge is 0.388 e. The number of rotatable bonds is 10. The number of hydrogen-bond acceptors (Lipinski definition) is 4. The second kappa shape index (κ2) is 9.09. The van der Waals surface area contributed by atoms with Gasteiger partial charge in [0.25, 0.3) is 0 Å². The lowest BCUT2D eigenvalue weighted by Gasteiger charge is -2.39. The number of nitrogens with zero attached hydrogens (tertiary/aromatic N) is 1. The van der Waals surface area contributed by atoms with E-state index in [-0.39, 0.29) is 5.41 Å². The van der Waals surface area contributed by atoms with Crippen LogP contribution in [0.25, 0.3) is 0 Å². The third kappa shape index (κ3) is 7.09. The Balaban J connectivity index is 2.48. The van der Waals surface area contributed by atoms with Gasteiger partial charge in [0.2, 0.25) is 0 Å². The molecule has 1 aliphatic heterocycles. The summed E-state index contributed by atoms with van der Waals surface area (Å²) in [4.78, 5) is 2.31. The Bertz CT molecular complexity index is 280. The summed E-state index contributed by atoms with van der Waals surface area (Å²) in [6.07, 6.45) is 5.12. The fourth-order valence-electron chi connectivity index (χ4n) is 3.51. The molecule has 0 aliphatic carbocycles. The van der Waals surface area contributed by atoms with Gasteiger partial charge in [0.05, 0.1) is 5.60 Å². The molecule has 1 fully saturated rings. The van der Waals surface area contributed by atoms with Gasteiger partial charge in [-0.3, -0.25) is 0 Å². The monoisotopic (exact) mass is 300 g/mol. The first-order valence-corrected chi connectivity index (χ1v) is 8.62. The molecule has 1 saturated heterocycles. The maximum absolute atomic E-state index is 10.6. The normalized spacial score (nSPS) is 21.4. The molecule has 0 aromatic carbocycles. The number of aliphatic hydroxyl groups is 1. The maximum Gasteiger partial charge on any atom is 0.0817 e. The third-order valence-corrected chi connectivity index (χ3v) is 4.47. The fraction of sp³-hybridized carbons (Fsp3) is 1.00. The smallest absolute Gasteiger partial charge is 0.0817 e. The van der Waals surface area contributed by atoms with Gasteiger partial charge in [-0.25, -0.2) is 0 Å². The lowest BCUT2D eigenvalue weighted by molar-refractivity contribution is -0.0801. The van der Waals surface area contributed by atoms with Gasteiger partial charge in [-0.15, -0.1) is 0 Å². The van der Waals surface area contributed by atoms with Crippen LogP contribution in [-0.4, -0.2) is 62.0 Å². The Morgan fingerprint density at radius 3 is 2.48 bits per heavy atom. The zero-order valence-corrected chi connectivity index (χ0v) is 14.6. The molecular formula is C17H36N2O2. The second-order valence-corrected chi connectivity index (χ2v) is 7.25. The number of ether oxygens (including phenoxy) is 1. The van der Waals surface area contributed by atoms with Gasteiger partial charge in [-0.2, -0.15) is 0 Å². The molecule has 1 heterocycles. The first-order chi connectivity index (χ1) is 9.93. The third-order valence-electron chi connectivity index (χ3n) is 4.47. The van der Waals surface area contributed by atoms with Crippen molar-refractivity contribution in [2.45, 2.75) is 58.5 Å². The molecule has 1 unspecified atom stereocenters. The van der Waals surface area contributed by atoms with E-state index in [2.05, 4.69) is 38.0 Å². The molecule has 1 aliphatic rings. The van der Waals surface area contributed by atoms with Crippen LogP contribution in [0.2, 0.25) is 0 Å². The van der Waals surface area contributed by atoms with Gasteiger partial charge in [0.1, 0.15) is 0 Å². The van der Waals surface area contributed by atoms with E-state index < -0.39 is 5.60 Å². The van der Waals surface area contributed by atoms with E-state index in [1.165, 1.54) is 19.3 Å². The Morgan fingerprint density at radius 1 is 1.24 bits per heavy atom. The van der Waals surface area contributed by atoms with Crippen molar-refractivity contribution in [1.82, 2.24) is 10.2 Å². The average Bonchev–Trinajstić information content (AvgIpc) is 2.39. The molecule has 0 bridgehead atoms. The zero-order chi connectivity index (χ0) is 15.8. The molecule has 4 nitrogen and oxygen atoms in total. The number of nitrogens with one attached hydrogen (secondary N) is 1. The molecule has 4 heteroatoms. The Kier molecular flexibility index (Phi) is 8.17. The first-order valence-electron chi connectivity index (χ1n) is 8.62. The van der Waals surface area contributed by atoms with Crippen molar-refractivity contribution < 1.29 is 9.84 Å². The summed E-state index contributed by atoms with van der Waals surface area (Å²) in [5.74, 6) is 0. The van der Waals surface area contributed by atoms with Gasteiger partial charge < -0.3 is 20.1 Å². The van der Waals surface area contributed by atoms with Crippen molar-refractivity contribution in [3.8, 4) is 0 Å². The molecule has 1 atom stereocenters. The predicted octanol–water partition coefficient (Wildman–Crippen LogP) is 2.27. The summed E-state index contributed by atoms with van der Waals surface area (Å²) in [5, 5.41) is 14.2. The van der Waals surface area contributed by atoms with Crippen LogP contribution in [0.1, 0.15) is 52.9 Å². The van der Waals surface area contributed by atoms with Crippen LogP contribution >= 0.6 is 0 Å².